The zero-order valence-corrected chi connectivity index (χ0v) is 14.6. The number of hydrogen-bond acceptors (Lipinski definition) is 4. The fraction of sp³-hybridized carbons (Fsp3) is 0.350. The number of nitrogens with zero attached hydrogens (tertiary/aromatic N) is 2. The zero-order valence-electron chi connectivity index (χ0n) is 14.6. The molecule has 4 rings (SSSR count). The average molecular weight is 338 g/mol. The number of benzene rings is 2. The van der Waals surface area contributed by atoms with Crippen molar-refractivity contribution in [1.82, 2.24) is 10.2 Å². The SMILES string of the molecule is CC(C)c1ccc2c(c1)C(N1CCNCC1)=Nc1cc(F)ccc1N2. The van der Waals surface area contributed by atoms with Gasteiger partial charge in [-0.1, -0.05) is 19.9 Å². The van der Waals surface area contributed by atoms with E-state index >= 15 is 0 Å². The fourth-order valence-corrected chi connectivity index (χ4v) is 3.36. The monoisotopic (exact) mass is 338 g/mol. The number of piperazine rings is 1. The lowest BCUT2D eigenvalue weighted by atomic mass is 9.98. The van der Waals surface area contributed by atoms with Gasteiger partial charge in [-0.25, -0.2) is 9.38 Å². The first kappa shape index (κ1) is 16.1. The average Bonchev–Trinajstić information content (AvgIpc) is 2.78. The lowest BCUT2D eigenvalue weighted by molar-refractivity contribution is 0.358. The van der Waals surface area contributed by atoms with Crippen LogP contribution in [0.1, 0.15) is 30.9 Å². The highest BCUT2D eigenvalue weighted by Gasteiger charge is 2.23. The van der Waals surface area contributed by atoms with Crippen molar-refractivity contribution in [3.05, 3.63) is 53.3 Å². The Morgan fingerprint density at radius 2 is 1.80 bits per heavy atom. The third kappa shape index (κ3) is 3.12. The van der Waals surface area contributed by atoms with E-state index in [1.807, 2.05) is 0 Å². The number of hydrogen-bond donors (Lipinski definition) is 2. The molecule has 2 aliphatic heterocycles. The molecule has 0 atom stereocenters. The van der Waals surface area contributed by atoms with Crippen LogP contribution >= 0.6 is 0 Å². The van der Waals surface area contributed by atoms with E-state index < -0.39 is 0 Å². The maximum Gasteiger partial charge on any atom is 0.138 e. The minimum absolute atomic E-state index is 0.266. The van der Waals surface area contributed by atoms with Gasteiger partial charge in [0, 0.05) is 43.5 Å². The van der Waals surface area contributed by atoms with E-state index in [-0.39, 0.29) is 5.82 Å². The molecule has 25 heavy (non-hydrogen) atoms. The lowest BCUT2D eigenvalue weighted by Crippen LogP contribution is -2.46. The molecule has 0 aromatic heterocycles. The first-order valence-electron chi connectivity index (χ1n) is 8.87. The zero-order chi connectivity index (χ0) is 17.4. The van der Waals surface area contributed by atoms with Crippen molar-refractivity contribution in [2.24, 2.45) is 4.99 Å². The summed E-state index contributed by atoms with van der Waals surface area (Å²) < 4.78 is 13.8. The first-order valence-corrected chi connectivity index (χ1v) is 8.87. The molecule has 2 aliphatic rings. The summed E-state index contributed by atoms with van der Waals surface area (Å²) in [6.45, 7) is 8.04. The Labute approximate surface area is 147 Å². The molecule has 1 fully saturated rings. The Bertz CT molecular complexity index is 822. The molecule has 0 radical (unpaired) electrons. The van der Waals surface area contributed by atoms with Crippen molar-refractivity contribution < 1.29 is 4.39 Å². The summed E-state index contributed by atoms with van der Waals surface area (Å²) in [5.74, 6) is 1.10. The summed E-state index contributed by atoms with van der Waals surface area (Å²) in [4.78, 5) is 7.17. The fourth-order valence-electron chi connectivity index (χ4n) is 3.36. The number of rotatable bonds is 1. The van der Waals surface area contributed by atoms with Crippen LogP contribution in [0.2, 0.25) is 0 Å². The third-order valence-corrected chi connectivity index (χ3v) is 4.82. The molecule has 1 saturated heterocycles. The van der Waals surface area contributed by atoms with Crippen LogP contribution in [0.5, 0.6) is 0 Å². The Morgan fingerprint density at radius 1 is 1.04 bits per heavy atom. The molecule has 0 spiro atoms. The second-order valence-electron chi connectivity index (χ2n) is 6.92. The third-order valence-electron chi connectivity index (χ3n) is 4.82. The molecule has 2 N–H and O–H groups in total. The maximum absolute atomic E-state index is 13.8. The molecular formula is C20H23FN4. The topological polar surface area (TPSA) is 39.7 Å². The van der Waals surface area contributed by atoms with Crippen molar-refractivity contribution in [1.29, 1.82) is 0 Å². The molecule has 2 aromatic carbocycles. The highest BCUT2D eigenvalue weighted by Crippen LogP contribution is 2.36. The predicted octanol–water partition coefficient (Wildman–Crippen LogP) is 3.99. The van der Waals surface area contributed by atoms with Gasteiger partial charge in [-0.15, -0.1) is 0 Å². The summed E-state index contributed by atoms with van der Waals surface area (Å²) in [5, 5.41) is 6.82. The maximum atomic E-state index is 13.8. The Balaban J connectivity index is 1.88. The number of amidine groups is 1. The molecule has 0 amide bonds. The van der Waals surface area contributed by atoms with Crippen LogP contribution in [0.3, 0.4) is 0 Å². The molecule has 2 heterocycles. The second-order valence-corrected chi connectivity index (χ2v) is 6.92. The molecule has 0 aliphatic carbocycles. The summed E-state index contributed by atoms with van der Waals surface area (Å²) in [7, 11) is 0. The minimum atomic E-state index is -0.266. The van der Waals surface area contributed by atoms with Crippen LogP contribution in [0.25, 0.3) is 0 Å². The molecule has 2 aromatic rings. The van der Waals surface area contributed by atoms with Crippen molar-refractivity contribution in [2.75, 3.05) is 31.5 Å². The van der Waals surface area contributed by atoms with E-state index in [2.05, 4.69) is 47.6 Å². The minimum Gasteiger partial charge on any atom is -0.353 e. The van der Waals surface area contributed by atoms with Gasteiger partial charge >= 0.3 is 0 Å². The number of aliphatic imine (C=N–C) groups is 1. The van der Waals surface area contributed by atoms with Gasteiger partial charge in [0.05, 0.1) is 11.4 Å². The quantitative estimate of drug-likeness (QED) is 0.826. The van der Waals surface area contributed by atoms with Gasteiger partial charge in [0.2, 0.25) is 0 Å². The number of fused-ring (bicyclic) bond motifs is 2. The van der Waals surface area contributed by atoms with Gasteiger partial charge in [0.15, 0.2) is 0 Å². The van der Waals surface area contributed by atoms with Crippen LogP contribution in [0, 0.1) is 5.82 Å². The van der Waals surface area contributed by atoms with E-state index in [0.717, 1.165) is 49.0 Å². The van der Waals surface area contributed by atoms with Gasteiger partial charge in [0.25, 0.3) is 0 Å². The highest BCUT2D eigenvalue weighted by atomic mass is 19.1. The standard InChI is InChI=1S/C20H23FN4/c1-13(2)14-3-5-17-16(11-14)20(25-9-7-22-8-10-25)24-19-12-15(21)4-6-18(19)23-17/h3-6,11-13,22-23H,7-10H2,1-2H3. The summed E-state index contributed by atoms with van der Waals surface area (Å²) in [6, 6.07) is 11.2. The number of anilines is 2. The predicted molar refractivity (Wildman–Crippen MR) is 101 cm³/mol. The van der Waals surface area contributed by atoms with Crippen LogP contribution in [0.4, 0.5) is 21.5 Å². The van der Waals surface area contributed by atoms with E-state index in [1.165, 1.54) is 17.7 Å². The van der Waals surface area contributed by atoms with Crippen molar-refractivity contribution >= 4 is 22.9 Å². The molecule has 0 saturated carbocycles. The van der Waals surface area contributed by atoms with Gasteiger partial charge in [-0.2, -0.15) is 0 Å². The molecule has 5 heteroatoms. The molecule has 130 valence electrons. The van der Waals surface area contributed by atoms with Crippen LogP contribution < -0.4 is 10.6 Å². The van der Waals surface area contributed by atoms with Crippen molar-refractivity contribution in [2.45, 2.75) is 19.8 Å². The summed E-state index contributed by atoms with van der Waals surface area (Å²) in [5.41, 5.74) is 4.87. The molecule has 0 unspecified atom stereocenters. The van der Waals surface area contributed by atoms with Crippen LogP contribution in [0.15, 0.2) is 41.4 Å². The highest BCUT2D eigenvalue weighted by molar-refractivity contribution is 6.07. The second kappa shape index (κ2) is 6.48. The molecule has 4 nitrogen and oxygen atoms in total. The smallest absolute Gasteiger partial charge is 0.138 e. The van der Waals surface area contributed by atoms with Gasteiger partial charge in [-0.05, 0) is 35.7 Å². The summed E-state index contributed by atoms with van der Waals surface area (Å²) >= 11 is 0. The Hall–Kier alpha value is -2.40. The number of nitrogens with one attached hydrogen (secondary N) is 2. The van der Waals surface area contributed by atoms with Gasteiger partial charge in [-0.3, -0.25) is 0 Å². The van der Waals surface area contributed by atoms with Gasteiger partial charge in [0.1, 0.15) is 11.7 Å². The first-order chi connectivity index (χ1) is 12.1. The number of halogens is 1. The van der Waals surface area contributed by atoms with Crippen molar-refractivity contribution in [3.63, 3.8) is 0 Å². The van der Waals surface area contributed by atoms with E-state index in [9.17, 15) is 4.39 Å². The van der Waals surface area contributed by atoms with E-state index in [0.29, 0.717) is 11.6 Å². The summed E-state index contributed by atoms with van der Waals surface area (Å²) in [6.07, 6.45) is 0. The van der Waals surface area contributed by atoms with Crippen molar-refractivity contribution in [3.8, 4) is 0 Å². The normalized spacial score (nSPS) is 16.6. The largest absolute Gasteiger partial charge is 0.353 e. The molecular weight excluding hydrogens is 315 g/mol. The Kier molecular flexibility index (Phi) is 4.17. The Morgan fingerprint density at radius 3 is 2.56 bits per heavy atom. The lowest BCUT2D eigenvalue weighted by Gasteiger charge is -2.31. The van der Waals surface area contributed by atoms with Crippen LogP contribution in [-0.2, 0) is 0 Å². The van der Waals surface area contributed by atoms with Gasteiger partial charge < -0.3 is 15.5 Å². The van der Waals surface area contributed by atoms with E-state index in [4.69, 9.17) is 4.99 Å². The molecule has 0 bridgehead atoms. The van der Waals surface area contributed by atoms with Crippen LogP contribution in [-0.4, -0.2) is 36.9 Å². The van der Waals surface area contributed by atoms with E-state index in [1.54, 1.807) is 6.07 Å².